The first-order chi connectivity index (χ1) is 6.90. The molecule has 0 amide bonds. The van der Waals surface area contributed by atoms with Crippen LogP contribution < -0.4 is 33.2 Å². The van der Waals surface area contributed by atoms with Gasteiger partial charge in [-0.1, -0.05) is 17.3 Å². The summed E-state index contributed by atoms with van der Waals surface area (Å²) in [6.07, 6.45) is 4.02. The summed E-state index contributed by atoms with van der Waals surface area (Å²) in [6.45, 7) is 4.78. The highest BCUT2D eigenvalue weighted by atomic mass is 127. The Morgan fingerprint density at radius 3 is 2.73 bits per heavy atom. The molecule has 0 spiro atoms. The zero-order valence-electron chi connectivity index (χ0n) is 8.87. The van der Waals surface area contributed by atoms with Gasteiger partial charge in [0.1, 0.15) is 13.1 Å². The smallest absolute Gasteiger partial charge is 0.268 e. The third-order valence-corrected chi connectivity index (χ3v) is 6.46. The van der Waals surface area contributed by atoms with Crippen molar-refractivity contribution in [2.24, 2.45) is 0 Å². The van der Waals surface area contributed by atoms with Crippen molar-refractivity contribution in [3.8, 4) is 0 Å². The summed E-state index contributed by atoms with van der Waals surface area (Å²) in [7, 11) is 3.88. The molecular weight excluding hydrogens is 357 g/mol. The van der Waals surface area contributed by atoms with E-state index in [9.17, 15) is 0 Å². The molecule has 1 aliphatic rings. The molecule has 2 rings (SSSR count). The molecular formula is C10H16INS3. The highest BCUT2D eigenvalue weighted by Crippen LogP contribution is 2.24. The van der Waals surface area contributed by atoms with E-state index in [2.05, 4.69) is 17.6 Å². The van der Waals surface area contributed by atoms with Crippen LogP contribution in [0.2, 0.25) is 0 Å². The Labute approximate surface area is 120 Å². The van der Waals surface area contributed by atoms with Gasteiger partial charge >= 0.3 is 0 Å². The minimum absolute atomic E-state index is 0. The van der Waals surface area contributed by atoms with Gasteiger partial charge in [-0.2, -0.15) is 0 Å². The summed E-state index contributed by atoms with van der Waals surface area (Å²) in [6, 6.07) is 2.38. The fraction of sp³-hybridized carbons (Fsp3) is 0.700. The summed E-state index contributed by atoms with van der Waals surface area (Å²) in [4.78, 5) is 0. The van der Waals surface area contributed by atoms with Crippen LogP contribution in [0.3, 0.4) is 0 Å². The normalized spacial score (nSPS) is 15.4. The zero-order chi connectivity index (χ0) is 9.80. The molecule has 2 heterocycles. The number of rotatable bonds is 3. The van der Waals surface area contributed by atoms with Gasteiger partial charge in [0.05, 0.1) is 4.21 Å². The van der Waals surface area contributed by atoms with Gasteiger partial charge in [0.15, 0.2) is 0 Å². The van der Waals surface area contributed by atoms with E-state index in [-0.39, 0.29) is 24.0 Å². The van der Waals surface area contributed by atoms with Gasteiger partial charge in [-0.15, -0.1) is 11.8 Å². The van der Waals surface area contributed by atoms with E-state index in [0.29, 0.717) is 0 Å². The quantitative estimate of drug-likeness (QED) is 0.309. The van der Waals surface area contributed by atoms with Crippen molar-refractivity contribution in [1.82, 2.24) is 4.58 Å². The standard InChI is InChI=1S/C10H16NS3.HI/c1-2-7-12-10-8-9(13-14-10)11-5-3-4-6-11;/h8H,2-7H2,1H3;1H/q+1;/p-1. The molecule has 0 saturated carbocycles. The molecule has 86 valence electrons. The number of hydrogen-bond acceptors (Lipinski definition) is 3. The predicted molar refractivity (Wildman–Crippen MR) is 67.4 cm³/mol. The topological polar surface area (TPSA) is 3.01 Å². The van der Waals surface area contributed by atoms with Crippen molar-refractivity contribution in [2.75, 3.05) is 18.8 Å². The summed E-state index contributed by atoms with van der Waals surface area (Å²) in [5, 5.41) is 0. The van der Waals surface area contributed by atoms with Gasteiger partial charge in [0.25, 0.3) is 4.67 Å². The van der Waals surface area contributed by atoms with Crippen molar-refractivity contribution in [3.05, 3.63) is 10.7 Å². The van der Waals surface area contributed by atoms with Crippen LogP contribution in [-0.2, 0) is 0 Å². The highest BCUT2D eigenvalue weighted by Gasteiger charge is 2.14. The van der Waals surface area contributed by atoms with E-state index in [1.807, 2.05) is 32.4 Å². The first-order valence-corrected chi connectivity index (χ1v) is 8.34. The monoisotopic (exact) mass is 373 g/mol. The SMILES string of the molecule is CCCSc1cc(=[N+]2CCCC2)ss1.[I-]. The Hall–Kier alpha value is 0.930. The van der Waals surface area contributed by atoms with Gasteiger partial charge in [0, 0.05) is 18.9 Å². The fourth-order valence-corrected chi connectivity index (χ4v) is 5.40. The molecule has 1 aromatic rings. The van der Waals surface area contributed by atoms with Crippen molar-refractivity contribution < 1.29 is 24.0 Å². The summed E-state index contributed by atoms with van der Waals surface area (Å²) in [5.41, 5.74) is 0. The molecule has 15 heavy (non-hydrogen) atoms. The lowest BCUT2D eigenvalue weighted by molar-refractivity contribution is -0.00000276. The van der Waals surface area contributed by atoms with E-state index >= 15 is 0 Å². The maximum Gasteiger partial charge on any atom is 0.268 e. The summed E-state index contributed by atoms with van der Waals surface area (Å²) < 4.78 is 5.52. The fourth-order valence-electron chi connectivity index (χ4n) is 1.58. The van der Waals surface area contributed by atoms with Crippen molar-refractivity contribution >= 4 is 32.4 Å². The molecule has 0 aliphatic carbocycles. The van der Waals surface area contributed by atoms with Gasteiger partial charge in [-0.05, 0) is 22.5 Å². The Bertz CT molecular complexity index is 348. The van der Waals surface area contributed by atoms with Gasteiger partial charge in [-0.3, -0.25) is 0 Å². The third kappa shape index (κ3) is 4.02. The lowest BCUT2D eigenvalue weighted by atomic mass is 10.4. The minimum atomic E-state index is 0. The number of thioether (sulfide) groups is 1. The zero-order valence-corrected chi connectivity index (χ0v) is 13.5. The van der Waals surface area contributed by atoms with Crippen molar-refractivity contribution in [2.45, 2.75) is 30.4 Å². The van der Waals surface area contributed by atoms with Crippen molar-refractivity contribution in [3.63, 3.8) is 0 Å². The second-order valence-corrected chi connectivity index (χ2v) is 7.10. The van der Waals surface area contributed by atoms with Gasteiger partial charge in [-0.25, -0.2) is 4.58 Å². The lowest BCUT2D eigenvalue weighted by Gasteiger charge is -1.89. The molecule has 5 heteroatoms. The minimum Gasteiger partial charge on any atom is -1.00 e. The summed E-state index contributed by atoms with van der Waals surface area (Å²) >= 11 is 2.00. The molecule has 1 aromatic heterocycles. The summed E-state index contributed by atoms with van der Waals surface area (Å²) in [5.74, 6) is 1.26. The van der Waals surface area contributed by atoms with Crippen LogP contribution in [0.4, 0.5) is 0 Å². The van der Waals surface area contributed by atoms with E-state index < -0.39 is 0 Å². The third-order valence-electron chi connectivity index (χ3n) is 2.32. The first kappa shape index (κ1) is 14.0. The van der Waals surface area contributed by atoms with Crippen LogP contribution in [0.25, 0.3) is 0 Å². The second-order valence-electron chi connectivity index (χ2n) is 3.51. The Morgan fingerprint density at radius 2 is 2.07 bits per heavy atom. The molecule has 0 aromatic carbocycles. The number of halogens is 1. The van der Waals surface area contributed by atoms with Crippen LogP contribution >= 0.6 is 32.4 Å². The molecule has 1 nitrogen and oxygen atoms in total. The molecule has 1 saturated heterocycles. The van der Waals surface area contributed by atoms with E-state index in [1.165, 1.54) is 47.0 Å². The van der Waals surface area contributed by atoms with Crippen molar-refractivity contribution in [1.29, 1.82) is 0 Å². The molecule has 0 unspecified atom stereocenters. The maximum atomic E-state index is 2.52. The van der Waals surface area contributed by atoms with Crippen LogP contribution in [0.15, 0.2) is 10.3 Å². The predicted octanol–water partition coefficient (Wildman–Crippen LogP) is -0.118. The lowest BCUT2D eigenvalue weighted by Crippen LogP contribution is -3.00. The first-order valence-electron chi connectivity index (χ1n) is 5.21. The maximum absolute atomic E-state index is 2.52. The van der Waals surface area contributed by atoms with E-state index in [0.717, 1.165) is 0 Å². The highest BCUT2D eigenvalue weighted by molar-refractivity contribution is 8.02. The molecule has 0 atom stereocenters. The van der Waals surface area contributed by atoms with Gasteiger partial charge < -0.3 is 24.0 Å². The average Bonchev–Trinajstić information content (AvgIpc) is 2.85. The Morgan fingerprint density at radius 1 is 1.33 bits per heavy atom. The molecule has 1 fully saturated rings. The molecule has 0 N–H and O–H groups in total. The van der Waals surface area contributed by atoms with Crippen LogP contribution in [0.1, 0.15) is 26.2 Å². The molecule has 0 bridgehead atoms. The van der Waals surface area contributed by atoms with Crippen LogP contribution in [-0.4, -0.2) is 18.8 Å². The van der Waals surface area contributed by atoms with Gasteiger partial charge in [0.2, 0.25) is 0 Å². The second kappa shape index (κ2) is 7.29. The average molecular weight is 373 g/mol. The van der Waals surface area contributed by atoms with Crippen LogP contribution in [0, 0.1) is 0 Å². The number of nitrogens with zero attached hydrogens (tertiary/aromatic N) is 1. The number of hydrogen-bond donors (Lipinski definition) is 0. The molecule has 0 radical (unpaired) electrons. The largest absolute Gasteiger partial charge is 1.00 e. The van der Waals surface area contributed by atoms with Crippen LogP contribution in [0.5, 0.6) is 0 Å². The Balaban J connectivity index is 0.00000112. The van der Waals surface area contributed by atoms with E-state index in [4.69, 9.17) is 0 Å². The molecule has 1 aliphatic heterocycles. The van der Waals surface area contributed by atoms with E-state index in [1.54, 1.807) is 0 Å². The Kier molecular flexibility index (Phi) is 6.80.